The van der Waals surface area contributed by atoms with Crippen LogP contribution in [0.3, 0.4) is 0 Å². The lowest BCUT2D eigenvalue weighted by atomic mass is 9.89. The molecule has 0 bridgehead atoms. The average Bonchev–Trinajstić information content (AvgIpc) is 2.31. The van der Waals surface area contributed by atoms with Gasteiger partial charge >= 0.3 is 0 Å². The van der Waals surface area contributed by atoms with Crippen molar-refractivity contribution in [3.05, 3.63) is 0 Å². The van der Waals surface area contributed by atoms with Crippen molar-refractivity contribution in [2.45, 2.75) is 77.1 Å². The van der Waals surface area contributed by atoms with Gasteiger partial charge in [-0.1, -0.05) is 26.7 Å². The number of hydrogen-bond donors (Lipinski definition) is 0. The summed E-state index contributed by atoms with van der Waals surface area (Å²) in [5.41, 5.74) is 0. The minimum atomic E-state index is -0.191. The Morgan fingerprint density at radius 1 is 1.12 bits per heavy atom. The van der Waals surface area contributed by atoms with Gasteiger partial charge in [0, 0.05) is 18.8 Å². The van der Waals surface area contributed by atoms with Crippen LogP contribution in [-0.2, 0) is 9.47 Å². The van der Waals surface area contributed by atoms with Crippen LogP contribution in [0.25, 0.3) is 0 Å². The molecule has 0 radical (unpaired) electrons. The first-order valence-corrected chi connectivity index (χ1v) is 7.11. The summed E-state index contributed by atoms with van der Waals surface area (Å²) in [6.45, 7) is 5.42. The van der Waals surface area contributed by atoms with Gasteiger partial charge in [-0.3, -0.25) is 0 Å². The van der Waals surface area contributed by atoms with Gasteiger partial charge in [0.25, 0.3) is 0 Å². The summed E-state index contributed by atoms with van der Waals surface area (Å²) in [5, 5.41) is 0. The summed E-state index contributed by atoms with van der Waals surface area (Å²) < 4.78 is 12.4. The van der Waals surface area contributed by atoms with Crippen LogP contribution in [0.2, 0.25) is 0 Å². The smallest absolute Gasteiger partial charge is 0.168 e. The van der Waals surface area contributed by atoms with Crippen molar-refractivity contribution in [2.75, 3.05) is 6.61 Å². The molecule has 2 fully saturated rings. The van der Waals surface area contributed by atoms with Gasteiger partial charge in [-0.15, -0.1) is 0 Å². The standard InChI is InChI=1S/C14H26O2/c1-3-8-13-12(4-2)11-15-14(16-13)9-6-5-7-10-14/h12-13H,3-11H2,1-2H3/t12-,13+/m0/s1. The zero-order valence-electron chi connectivity index (χ0n) is 10.8. The first-order chi connectivity index (χ1) is 7.79. The Morgan fingerprint density at radius 2 is 1.88 bits per heavy atom. The highest BCUT2D eigenvalue weighted by Gasteiger charge is 2.42. The first-order valence-electron chi connectivity index (χ1n) is 7.11. The van der Waals surface area contributed by atoms with Crippen LogP contribution in [0.1, 0.15) is 65.2 Å². The van der Waals surface area contributed by atoms with Crippen LogP contribution in [0.15, 0.2) is 0 Å². The van der Waals surface area contributed by atoms with E-state index in [1.165, 1.54) is 38.5 Å². The van der Waals surface area contributed by atoms with Crippen LogP contribution in [0.4, 0.5) is 0 Å². The van der Waals surface area contributed by atoms with Crippen LogP contribution < -0.4 is 0 Å². The SMILES string of the molecule is CCC[C@H]1OC2(CCCCC2)OC[C@@H]1CC. The third kappa shape index (κ3) is 2.60. The Balaban J connectivity index is 1.98. The molecule has 2 aliphatic rings. The number of ether oxygens (including phenoxy) is 2. The Bertz CT molecular complexity index is 209. The van der Waals surface area contributed by atoms with Gasteiger partial charge in [-0.25, -0.2) is 0 Å². The van der Waals surface area contributed by atoms with E-state index in [2.05, 4.69) is 13.8 Å². The molecule has 0 aromatic heterocycles. The van der Waals surface area contributed by atoms with Crippen LogP contribution in [-0.4, -0.2) is 18.5 Å². The minimum Gasteiger partial charge on any atom is -0.350 e. The molecule has 0 aromatic rings. The molecule has 0 amide bonds. The summed E-state index contributed by atoms with van der Waals surface area (Å²) in [6.07, 6.45) is 10.2. The van der Waals surface area contributed by atoms with Gasteiger partial charge in [0.05, 0.1) is 12.7 Å². The van der Waals surface area contributed by atoms with Crippen LogP contribution >= 0.6 is 0 Å². The molecule has 1 aliphatic carbocycles. The molecular formula is C14H26O2. The zero-order chi connectivity index (χ0) is 11.4. The maximum Gasteiger partial charge on any atom is 0.168 e. The lowest BCUT2D eigenvalue weighted by Gasteiger charge is -2.46. The second kappa shape index (κ2) is 5.50. The third-order valence-electron chi connectivity index (χ3n) is 4.17. The van der Waals surface area contributed by atoms with Gasteiger partial charge in [0.2, 0.25) is 0 Å². The average molecular weight is 226 g/mol. The van der Waals surface area contributed by atoms with Gasteiger partial charge in [-0.05, 0) is 25.7 Å². The predicted molar refractivity (Wildman–Crippen MR) is 65.3 cm³/mol. The predicted octanol–water partition coefficient (Wildman–Crippen LogP) is 3.89. The third-order valence-corrected chi connectivity index (χ3v) is 4.17. The van der Waals surface area contributed by atoms with E-state index in [0.29, 0.717) is 12.0 Å². The van der Waals surface area contributed by atoms with E-state index >= 15 is 0 Å². The number of rotatable bonds is 3. The second-order valence-electron chi connectivity index (χ2n) is 5.40. The van der Waals surface area contributed by atoms with Crippen molar-refractivity contribution in [1.82, 2.24) is 0 Å². The largest absolute Gasteiger partial charge is 0.350 e. The van der Waals surface area contributed by atoms with E-state index in [-0.39, 0.29) is 5.79 Å². The minimum absolute atomic E-state index is 0.191. The lowest BCUT2D eigenvalue weighted by Crippen LogP contribution is -2.50. The van der Waals surface area contributed by atoms with Gasteiger partial charge in [-0.2, -0.15) is 0 Å². The highest BCUT2D eigenvalue weighted by Crippen LogP contribution is 2.40. The summed E-state index contributed by atoms with van der Waals surface area (Å²) in [6, 6.07) is 0. The molecule has 0 aromatic carbocycles. The van der Waals surface area contributed by atoms with Crippen molar-refractivity contribution in [2.24, 2.45) is 5.92 Å². The van der Waals surface area contributed by atoms with Crippen molar-refractivity contribution >= 4 is 0 Å². The van der Waals surface area contributed by atoms with E-state index in [1.807, 2.05) is 0 Å². The van der Waals surface area contributed by atoms with Crippen molar-refractivity contribution in [3.63, 3.8) is 0 Å². The maximum absolute atomic E-state index is 6.34. The molecule has 2 nitrogen and oxygen atoms in total. The molecule has 1 heterocycles. The van der Waals surface area contributed by atoms with E-state index in [1.54, 1.807) is 0 Å². The zero-order valence-corrected chi connectivity index (χ0v) is 10.8. The van der Waals surface area contributed by atoms with E-state index in [9.17, 15) is 0 Å². The quantitative estimate of drug-likeness (QED) is 0.727. The van der Waals surface area contributed by atoms with Crippen molar-refractivity contribution in [1.29, 1.82) is 0 Å². The normalized spacial score (nSPS) is 34.1. The van der Waals surface area contributed by atoms with Crippen LogP contribution in [0, 0.1) is 5.92 Å². The van der Waals surface area contributed by atoms with Gasteiger partial charge in [0.1, 0.15) is 0 Å². The first kappa shape index (κ1) is 12.4. The molecule has 2 heteroatoms. The Hall–Kier alpha value is -0.0800. The molecule has 2 atom stereocenters. The molecule has 1 saturated heterocycles. The molecular weight excluding hydrogens is 200 g/mol. The molecule has 94 valence electrons. The maximum atomic E-state index is 6.34. The summed E-state index contributed by atoms with van der Waals surface area (Å²) >= 11 is 0. The molecule has 0 N–H and O–H groups in total. The number of hydrogen-bond acceptors (Lipinski definition) is 2. The summed E-state index contributed by atoms with van der Waals surface area (Å²) in [4.78, 5) is 0. The Morgan fingerprint density at radius 3 is 2.50 bits per heavy atom. The lowest BCUT2D eigenvalue weighted by molar-refractivity contribution is -0.323. The van der Waals surface area contributed by atoms with Gasteiger partial charge < -0.3 is 9.47 Å². The van der Waals surface area contributed by atoms with E-state index in [4.69, 9.17) is 9.47 Å². The molecule has 2 rings (SSSR count). The fourth-order valence-electron chi connectivity index (χ4n) is 3.08. The Labute approximate surface area is 99.7 Å². The monoisotopic (exact) mass is 226 g/mol. The highest BCUT2D eigenvalue weighted by atomic mass is 16.7. The van der Waals surface area contributed by atoms with Crippen LogP contribution in [0.5, 0.6) is 0 Å². The molecule has 1 spiro atoms. The molecule has 16 heavy (non-hydrogen) atoms. The summed E-state index contributed by atoms with van der Waals surface area (Å²) in [7, 11) is 0. The molecule has 0 unspecified atom stereocenters. The topological polar surface area (TPSA) is 18.5 Å². The fourth-order valence-corrected chi connectivity index (χ4v) is 3.08. The fraction of sp³-hybridized carbons (Fsp3) is 1.00. The van der Waals surface area contributed by atoms with E-state index < -0.39 is 0 Å². The van der Waals surface area contributed by atoms with E-state index in [0.717, 1.165) is 19.4 Å². The van der Waals surface area contributed by atoms with Crippen molar-refractivity contribution in [3.8, 4) is 0 Å². The Kier molecular flexibility index (Phi) is 4.26. The van der Waals surface area contributed by atoms with Crippen molar-refractivity contribution < 1.29 is 9.47 Å². The van der Waals surface area contributed by atoms with Gasteiger partial charge in [0.15, 0.2) is 5.79 Å². The highest BCUT2D eigenvalue weighted by molar-refractivity contribution is 4.84. The molecule has 1 aliphatic heterocycles. The molecule has 1 saturated carbocycles. The second-order valence-corrected chi connectivity index (χ2v) is 5.40. The summed E-state index contributed by atoms with van der Waals surface area (Å²) in [5.74, 6) is 0.427.